The molecule has 0 saturated heterocycles. The summed E-state index contributed by atoms with van der Waals surface area (Å²) in [7, 11) is 1.99. The highest BCUT2D eigenvalue weighted by molar-refractivity contribution is 5.48. The van der Waals surface area contributed by atoms with Crippen LogP contribution in [0, 0.1) is 0 Å². The van der Waals surface area contributed by atoms with E-state index in [4.69, 9.17) is 0 Å². The Bertz CT molecular complexity index is 587. The molecule has 2 rings (SSSR count). The van der Waals surface area contributed by atoms with E-state index in [1.165, 1.54) is 50.5 Å². The van der Waals surface area contributed by atoms with Crippen molar-refractivity contribution in [3.05, 3.63) is 78.6 Å². The SMILES string of the molecule is C=Cc1cc[n+](C)cc1.CCCCCCCCC=Cc1ccccc1.[Cl-]. The van der Waals surface area contributed by atoms with Crippen LogP contribution in [0.5, 0.6) is 0 Å². The molecule has 0 N–H and O–H groups in total. The Morgan fingerprint density at radius 1 is 0.846 bits per heavy atom. The number of aryl methyl sites for hydroxylation is 1. The van der Waals surface area contributed by atoms with Crippen LogP contribution in [0.1, 0.15) is 63.0 Å². The molecule has 2 heteroatoms. The van der Waals surface area contributed by atoms with E-state index in [0.717, 1.165) is 5.56 Å². The molecule has 26 heavy (non-hydrogen) atoms. The Kier molecular flexibility index (Phi) is 15.4. The van der Waals surface area contributed by atoms with E-state index in [0.29, 0.717) is 0 Å². The van der Waals surface area contributed by atoms with Gasteiger partial charge in [0, 0.05) is 12.1 Å². The summed E-state index contributed by atoms with van der Waals surface area (Å²) in [4.78, 5) is 0. The van der Waals surface area contributed by atoms with Crippen LogP contribution in [0.15, 0.2) is 67.5 Å². The number of aromatic nitrogens is 1. The lowest BCUT2D eigenvalue weighted by Gasteiger charge is -1.97. The Morgan fingerprint density at radius 3 is 2.08 bits per heavy atom. The average Bonchev–Trinajstić information content (AvgIpc) is 2.66. The number of rotatable bonds is 9. The minimum absolute atomic E-state index is 0. The molecule has 2 aromatic rings. The van der Waals surface area contributed by atoms with E-state index in [1.807, 2.05) is 42.2 Å². The minimum atomic E-state index is 0. The van der Waals surface area contributed by atoms with Gasteiger partial charge in [-0.25, -0.2) is 4.57 Å². The lowest BCUT2D eigenvalue weighted by Crippen LogP contribution is -3.00. The van der Waals surface area contributed by atoms with Crippen LogP contribution >= 0.6 is 0 Å². The van der Waals surface area contributed by atoms with Crippen LogP contribution in [-0.2, 0) is 7.05 Å². The molecule has 0 aliphatic carbocycles. The van der Waals surface area contributed by atoms with Gasteiger partial charge in [0.15, 0.2) is 12.4 Å². The number of halogens is 1. The van der Waals surface area contributed by atoms with E-state index in [-0.39, 0.29) is 12.4 Å². The second-order valence-electron chi connectivity index (χ2n) is 6.37. The third-order valence-corrected chi connectivity index (χ3v) is 4.07. The normalized spacial score (nSPS) is 9.92. The van der Waals surface area contributed by atoms with Crippen LogP contribution in [0.3, 0.4) is 0 Å². The molecule has 0 aliphatic heterocycles. The first-order valence-corrected chi connectivity index (χ1v) is 9.55. The van der Waals surface area contributed by atoms with Gasteiger partial charge < -0.3 is 12.4 Å². The molecule has 0 unspecified atom stereocenters. The molecule has 1 nitrogen and oxygen atoms in total. The van der Waals surface area contributed by atoms with Crippen molar-refractivity contribution in [1.29, 1.82) is 0 Å². The zero-order chi connectivity index (χ0) is 18.2. The fourth-order valence-corrected chi connectivity index (χ4v) is 2.47. The highest BCUT2D eigenvalue weighted by Gasteiger charge is 1.89. The first-order valence-electron chi connectivity index (χ1n) is 9.55. The molecule has 0 radical (unpaired) electrons. The summed E-state index contributed by atoms with van der Waals surface area (Å²) < 4.78 is 1.99. The summed E-state index contributed by atoms with van der Waals surface area (Å²) in [5.74, 6) is 0. The number of unbranched alkanes of at least 4 members (excludes halogenated alkanes) is 6. The Balaban J connectivity index is 0.000000532. The number of hydrogen-bond donors (Lipinski definition) is 0. The van der Waals surface area contributed by atoms with Gasteiger partial charge in [0.25, 0.3) is 0 Å². The number of allylic oxidation sites excluding steroid dienone is 1. The number of nitrogens with zero attached hydrogens (tertiary/aromatic N) is 1. The van der Waals surface area contributed by atoms with E-state index < -0.39 is 0 Å². The van der Waals surface area contributed by atoms with Crippen molar-refractivity contribution < 1.29 is 17.0 Å². The first kappa shape index (κ1) is 24.1. The molecule has 1 aromatic heterocycles. The summed E-state index contributed by atoms with van der Waals surface area (Å²) in [6, 6.07) is 14.6. The molecule has 0 saturated carbocycles. The average molecular weight is 372 g/mol. The molecule has 0 amide bonds. The molecule has 1 heterocycles. The fraction of sp³-hybridized carbons (Fsp3) is 0.375. The van der Waals surface area contributed by atoms with Crippen molar-refractivity contribution in [2.45, 2.75) is 51.9 Å². The molecular weight excluding hydrogens is 338 g/mol. The first-order chi connectivity index (χ1) is 12.3. The van der Waals surface area contributed by atoms with Crippen molar-refractivity contribution in [2.24, 2.45) is 7.05 Å². The quantitative estimate of drug-likeness (QED) is 0.468. The molecule has 0 bridgehead atoms. The van der Waals surface area contributed by atoms with Crippen LogP contribution < -0.4 is 17.0 Å². The smallest absolute Gasteiger partial charge is 0.169 e. The third kappa shape index (κ3) is 12.5. The molecular formula is C24H34ClN. The van der Waals surface area contributed by atoms with Crippen molar-refractivity contribution in [2.75, 3.05) is 0 Å². The summed E-state index contributed by atoms with van der Waals surface area (Å²) >= 11 is 0. The molecule has 0 aliphatic rings. The van der Waals surface area contributed by atoms with E-state index in [9.17, 15) is 0 Å². The van der Waals surface area contributed by atoms with Crippen molar-refractivity contribution in [3.8, 4) is 0 Å². The van der Waals surface area contributed by atoms with Gasteiger partial charge in [-0.05, 0) is 24.0 Å². The minimum Gasteiger partial charge on any atom is -1.00 e. The highest BCUT2D eigenvalue weighted by atomic mass is 35.5. The van der Waals surface area contributed by atoms with Crippen molar-refractivity contribution in [1.82, 2.24) is 0 Å². The van der Waals surface area contributed by atoms with Crippen LogP contribution in [0.25, 0.3) is 12.2 Å². The van der Waals surface area contributed by atoms with Gasteiger partial charge in [0.05, 0.1) is 0 Å². The lowest BCUT2D eigenvalue weighted by atomic mass is 10.1. The van der Waals surface area contributed by atoms with Gasteiger partial charge in [0.2, 0.25) is 0 Å². The van der Waals surface area contributed by atoms with E-state index >= 15 is 0 Å². The number of benzene rings is 1. The second kappa shape index (κ2) is 16.6. The highest BCUT2D eigenvalue weighted by Crippen LogP contribution is 2.08. The van der Waals surface area contributed by atoms with Gasteiger partial charge in [-0.1, -0.05) is 94.2 Å². The van der Waals surface area contributed by atoms with Crippen molar-refractivity contribution >= 4 is 12.2 Å². The van der Waals surface area contributed by atoms with E-state index in [1.54, 1.807) is 0 Å². The van der Waals surface area contributed by atoms with Gasteiger partial charge >= 0.3 is 0 Å². The second-order valence-corrected chi connectivity index (χ2v) is 6.37. The van der Waals surface area contributed by atoms with Gasteiger partial charge in [-0.3, -0.25) is 0 Å². The summed E-state index contributed by atoms with van der Waals surface area (Å²) in [5, 5.41) is 0. The molecule has 0 spiro atoms. The van der Waals surface area contributed by atoms with Crippen LogP contribution in [0.2, 0.25) is 0 Å². The van der Waals surface area contributed by atoms with E-state index in [2.05, 4.69) is 56.0 Å². The van der Waals surface area contributed by atoms with Crippen molar-refractivity contribution in [3.63, 3.8) is 0 Å². The number of hydrogen-bond acceptors (Lipinski definition) is 0. The van der Waals surface area contributed by atoms with Crippen LogP contribution in [0.4, 0.5) is 0 Å². The fourth-order valence-electron chi connectivity index (χ4n) is 2.47. The standard InChI is InChI=1S/C16H24.C8H10N.ClH/c1-2-3-4-5-6-7-8-10-13-16-14-11-9-12-15-16;1-3-8-4-6-9(2)7-5-8;/h9-15H,2-8H2,1H3;3-7H,1H2,2H3;1H/q;+1;/p-1. The lowest BCUT2D eigenvalue weighted by molar-refractivity contribution is -0.671. The third-order valence-electron chi connectivity index (χ3n) is 4.07. The Morgan fingerprint density at radius 2 is 1.46 bits per heavy atom. The summed E-state index contributed by atoms with van der Waals surface area (Å²) in [6.45, 7) is 5.92. The maximum Gasteiger partial charge on any atom is 0.169 e. The van der Waals surface area contributed by atoms with Crippen LogP contribution in [-0.4, -0.2) is 0 Å². The Labute approximate surface area is 166 Å². The molecule has 0 fully saturated rings. The maximum atomic E-state index is 3.65. The predicted molar refractivity (Wildman–Crippen MR) is 111 cm³/mol. The topological polar surface area (TPSA) is 3.88 Å². The monoisotopic (exact) mass is 371 g/mol. The molecule has 1 aromatic carbocycles. The molecule has 142 valence electrons. The Hall–Kier alpha value is -1.86. The largest absolute Gasteiger partial charge is 1.00 e. The summed E-state index contributed by atoms with van der Waals surface area (Å²) in [5.41, 5.74) is 2.47. The molecule has 0 atom stereocenters. The summed E-state index contributed by atoms with van der Waals surface area (Å²) in [6.07, 6.45) is 19.9. The maximum absolute atomic E-state index is 3.65. The zero-order valence-electron chi connectivity index (χ0n) is 16.4. The zero-order valence-corrected chi connectivity index (χ0v) is 17.2. The predicted octanol–water partition coefficient (Wildman–Crippen LogP) is 3.61. The van der Waals surface area contributed by atoms with Gasteiger partial charge in [-0.15, -0.1) is 0 Å². The number of pyridine rings is 1. The van der Waals surface area contributed by atoms with Gasteiger partial charge in [0.1, 0.15) is 7.05 Å². The van der Waals surface area contributed by atoms with Gasteiger partial charge in [-0.2, -0.15) is 0 Å².